The van der Waals surface area contributed by atoms with E-state index in [4.69, 9.17) is 4.74 Å². The lowest BCUT2D eigenvalue weighted by molar-refractivity contribution is 0.125. The predicted octanol–water partition coefficient (Wildman–Crippen LogP) is 3.67. The molecule has 0 aromatic heterocycles. The number of hydrogen-bond acceptors (Lipinski definition) is 2. The van der Waals surface area contributed by atoms with Crippen molar-refractivity contribution in [3.63, 3.8) is 0 Å². The summed E-state index contributed by atoms with van der Waals surface area (Å²) in [6, 6.07) is 5.35. The number of ether oxygens (including phenoxy) is 1. The lowest BCUT2D eigenvalue weighted by atomic mass is 10.0. The fourth-order valence-corrected chi connectivity index (χ4v) is 2.07. The van der Waals surface area contributed by atoms with E-state index >= 15 is 0 Å². The molecule has 1 aromatic rings. The molecular formula is C13H19BrFNO. The molecule has 1 unspecified atom stereocenters. The molecule has 96 valence electrons. The molecule has 4 heteroatoms. The zero-order chi connectivity index (χ0) is 12.7. The molecular weight excluding hydrogens is 285 g/mol. The molecule has 0 heterocycles. The van der Waals surface area contributed by atoms with Gasteiger partial charge < -0.3 is 10.1 Å². The summed E-state index contributed by atoms with van der Waals surface area (Å²) < 4.78 is 19.8. The largest absolute Gasteiger partial charge is 0.381 e. The van der Waals surface area contributed by atoms with Crippen LogP contribution in [0.25, 0.3) is 0 Å². The Morgan fingerprint density at radius 1 is 1.41 bits per heavy atom. The summed E-state index contributed by atoms with van der Waals surface area (Å²) in [6.07, 6.45) is 1.78. The van der Waals surface area contributed by atoms with E-state index in [1.165, 1.54) is 0 Å². The van der Waals surface area contributed by atoms with E-state index in [1.807, 2.05) is 13.1 Å². The monoisotopic (exact) mass is 303 g/mol. The normalized spacial score (nSPS) is 12.7. The molecule has 0 aliphatic rings. The van der Waals surface area contributed by atoms with Crippen LogP contribution in [0, 0.1) is 5.82 Å². The highest BCUT2D eigenvalue weighted by atomic mass is 79.9. The molecule has 0 amide bonds. The highest BCUT2D eigenvalue weighted by Crippen LogP contribution is 2.25. The van der Waals surface area contributed by atoms with Crippen molar-refractivity contribution in [2.45, 2.75) is 25.8 Å². The van der Waals surface area contributed by atoms with Gasteiger partial charge in [0.25, 0.3) is 0 Å². The lowest BCUT2D eigenvalue weighted by Crippen LogP contribution is -2.19. The van der Waals surface area contributed by atoms with Gasteiger partial charge in [0.05, 0.1) is 4.47 Å². The van der Waals surface area contributed by atoms with Gasteiger partial charge in [-0.1, -0.05) is 19.1 Å². The Morgan fingerprint density at radius 2 is 2.18 bits per heavy atom. The third-order valence-electron chi connectivity index (χ3n) is 2.60. The fraction of sp³-hybridized carbons (Fsp3) is 0.538. The third kappa shape index (κ3) is 4.37. The summed E-state index contributed by atoms with van der Waals surface area (Å²) in [5.41, 5.74) is 0.682. The summed E-state index contributed by atoms with van der Waals surface area (Å²) in [5.74, 6) is -0.192. The van der Waals surface area contributed by atoms with Crippen molar-refractivity contribution >= 4 is 15.9 Å². The number of nitrogens with one attached hydrogen (secondary N) is 1. The van der Waals surface area contributed by atoms with Crippen molar-refractivity contribution in [1.29, 1.82) is 0 Å². The molecule has 0 fully saturated rings. The Labute approximate surface area is 111 Å². The molecule has 17 heavy (non-hydrogen) atoms. The standard InChI is InChI=1S/C13H19BrFNO/c1-3-8-17-9-7-12(16-2)10-5-4-6-11(14)13(10)15/h4-6,12,16H,3,7-9H2,1-2H3. The minimum absolute atomic E-state index is 0.00986. The van der Waals surface area contributed by atoms with Crippen molar-refractivity contribution < 1.29 is 9.13 Å². The molecule has 0 bridgehead atoms. The van der Waals surface area contributed by atoms with Gasteiger partial charge in [-0.25, -0.2) is 4.39 Å². The zero-order valence-electron chi connectivity index (χ0n) is 10.3. The maximum atomic E-state index is 13.9. The topological polar surface area (TPSA) is 21.3 Å². The second-order valence-electron chi connectivity index (χ2n) is 3.89. The second kappa shape index (κ2) is 7.80. The van der Waals surface area contributed by atoms with Gasteiger partial charge in [-0.05, 0) is 41.9 Å². The van der Waals surface area contributed by atoms with Crippen LogP contribution < -0.4 is 5.32 Å². The van der Waals surface area contributed by atoms with Gasteiger partial charge in [0.1, 0.15) is 5.82 Å². The van der Waals surface area contributed by atoms with Crippen LogP contribution in [0.5, 0.6) is 0 Å². The Balaban J connectivity index is 2.63. The predicted molar refractivity (Wildman–Crippen MR) is 71.6 cm³/mol. The fourth-order valence-electron chi connectivity index (χ4n) is 1.69. The molecule has 1 rings (SSSR count). The summed E-state index contributed by atoms with van der Waals surface area (Å²) in [7, 11) is 1.84. The quantitative estimate of drug-likeness (QED) is 0.776. The van der Waals surface area contributed by atoms with E-state index in [9.17, 15) is 4.39 Å². The van der Waals surface area contributed by atoms with Crippen molar-refractivity contribution in [2.75, 3.05) is 20.3 Å². The van der Waals surface area contributed by atoms with Crippen molar-refractivity contribution in [3.05, 3.63) is 34.1 Å². The maximum absolute atomic E-state index is 13.9. The number of halogens is 2. The van der Waals surface area contributed by atoms with Crippen molar-refractivity contribution in [3.8, 4) is 0 Å². The first kappa shape index (κ1) is 14.6. The van der Waals surface area contributed by atoms with Gasteiger partial charge in [0.2, 0.25) is 0 Å². The van der Waals surface area contributed by atoms with Crippen LogP contribution >= 0.6 is 15.9 Å². The molecule has 0 saturated heterocycles. The van der Waals surface area contributed by atoms with E-state index in [0.717, 1.165) is 19.4 Å². The first-order valence-corrected chi connectivity index (χ1v) is 6.69. The van der Waals surface area contributed by atoms with Crippen LogP contribution in [-0.2, 0) is 4.74 Å². The summed E-state index contributed by atoms with van der Waals surface area (Å²) in [4.78, 5) is 0. The van der Waals surface area contributed by atoms with Gasteiger partial charge in [0, 0.05) is 24.8 Å². The van der Waals surface area contributed by atoms with E-state index in [-0.39, 0.29) is 11.9 Å². The van der Waals surface area contributed by atoms with Crippen LogP contribution in [0.1, 0.15) is 31.4 Å². The molecule has 0 aliphatic heterocycles. The smallest absolute Gasteiger partial charge is 0.142 e. The van der Waals surface area contributed by atoms with E-state index in [1.54, 1.807) is 12.1 Å². The molecule has 0 aliphatic carbocycles. The van der Waals surface area contributed by atoms with Crippen LogP contribution in [0.15, 0.2) is 22.7 Å². The minimum Gasteiger partial charge on any atom is -0.381 e. The molecule has 2 nitrogen and oxygen atoms in total. The Hall–Kier alpha value is -0.450. The van der Waals surface area contributed by atoms with Gasteiger partial charge in [0.15, 0.2) is 0 Å². The van der Waals surface area contributed by atoms with Gasteiger partial charge in [-0.3, -0.25) is 0 Å². The molecule has 1 atom stereocenters. The first-order valence-electron chi connectivity index (χ1n) is 5.89. The average Bonchev–Trinajstić information content (AvgIpc) is 2.34. The van der Waals surface area contributed by atoms with E-state index in [0.29, 0.717) is 16.6 Å². The molecule has 0 spiro atoms. The van der Waals surface area contributed by atoms with Gasteiger partial charge in [-0.15, -0.1) is 0 Å². The number of hydrogen-bond donors (Lipinski definition) is 1. The lowest BCUT2D eigenvalue weighted by Gasteiger charge is -2.17. The van der Waals surface area contributed by atoms with Gasteiger partial charge in [-0.2, -0.15) is 0 Å². The van der Waals surface area contributed by atoms with E-state index in [2.05, 4.69) is 28.2 Å². The molecule has 0 radical (unpaired) electrons. The number of benzene rings is 1. The molecule has 1 N–H and O–H groups in total. The Bertz CT molecular complexity index is 346. The van der Waals surface area contributed by atoms with Crippen LogP contribution in [0.4, 0.5) is 4.39 Å². The SMILES string of the molecule is CCCOCCC(NC)c1cccc(Br)c1F. The van der Waals surface area contributed by atoms with E-state index < -0.39 is 0 Å². The van der Waals surface area contributed by atoms with Crippen LogP contribution in [0.3, 0.4) is 0 Å². The first-order chi connectivity index (χ1) is 8.20. The molecule has 1 aromatic carbocycles. The van der Waals surface area contributed by atoms with Gasteiger partial charge >= 0.3 is 0 Å². The van der Waals surface area contributed by atoms with Crippen molar-refractivity contribution in [1.82, 2.24) is 5.32 Å². The average molecular weight is 304 g/mol. The Kier molecular flexibility index (Phi) is 6.70. The third-order valence-corrected chi connectivity index (χ3v) is 3.22. The Morgan fingerprint density at radius 3 is 2.82 bits per heavy atom. The van der Waals surface area contributed by atoms with Crippen LogP contribution in [-0.4, -0.2) is 20.3 Å². The zero-order valence-corrected chi connectivity index (χ0v) is 11.9. The number of rotatable bonds is 7. The maximum Gasteiger partial charge on any atom is 0.142 e. The summed E-state index contributed by atoms with van der Waals surface area (Å²) >= 11 is 3.20. The highest BCUT2D eigenvalue weighted by molar-refractivity contribution is 9.10. The summed E-state index contributed by atoms with van der Waals surface area (Å²) in [6.45, 7) is 3.48. The minimum atomic E-state index is -0.192. The molecule has 0 saturated carbocycles. The van der Waals surface area contributed by atoms with Crippen molar-refractivity contribution in [2.24, 2.45) is 0 Å². The second-order valence-corrected chi connectivity index (χ2v) is 4.74. The summed E-state index contributed by atoms with van der Waals surface area (Å²) in [5, 5.41) is 3.12. The highest BCUT2D eigenvalue weighted by Gasteiger charge is 2.15. The van der Waals surface area contributed by atoms with Crippen LogP contribution in [0.2, 0.25) is 0 Å².